The highest BCUT2D eigenvalue weighted by Crippen LogP contribution is 2.36. The van der Waals surface area contributed by atoms with Gasteiger partial charge in [0.1, 0.15) is 11.3 Å². The fraction of sp³-hybridized carbons (Fsp3) is 0.185. The van der Waals surface area contributed by atoms with Gasteiger partial charge in [-0.25, -0.2) is 0 Å². The zero-order valence-electron chi connectivity index (χ0n) is 19.1. The molecule has 0 aliphatic carbocycles. The van der Waals surface area contributed by atoms with Crippen LogP contribution in [0.3, 0.4) is 0 Å². The molecule has 34 heavy (non-hydrogen) atoms. The number of furan rings is 1. The van der Waals surface area contributed by atoms with E-state index >= 15 is 0 Å². The number of hydrogen-bond acceptors (Lipinski definition) is 5. The highest BCUT2D eigenvalue weighted by molar-refractivity contribution is 6.16. The second kappa shape index (κ2) is 8.26. The van der Waals surface area contributed by atoms with Crippen molar-refractivity contribution in [1.29, 1.82) is 0 Å². The topological polar surface area (TPSA) is 89.8 Å². The van der Waals surface area contributed by atoms with E-state index in [1.165, 1.54) is 0 Å². The molecule has 5 rings (SSSR count). The zero-order valence-corrected chi connectivity index (χ0v) is 19.1. The Kier molecular flexibility index (Phi) is 5.24. The Hall–Kier alpha value is -4.26. The van der Waals surface area contributed by atoms with Crippen molar-refractivity contribution in [3.8, 4) is 11.5 Å². The maximum absolute atomic E-state index is 13.1. The molecule has 0 radical (unpaired) electrons. The molecule has 0 spiro atoms. The second-order valence-electron chi connectivity index (χ2n) is 9.11. The molecule has 1 aliphatic rings. The number of hydrogen-bond donors (Lipinski definition) is 2. The Balaban J connectivity index is 1.44. The maximum atomic E-state index is 13.1. The molecule has 2 amide bonds. The molecule has 0 atom stereocenters. The molecule has 2 heterocycles. The SMILES string of the molecule is CC(C)(C)c1ccc(C(=O)Nc2c(C(=O)Nc3ccc4c(c3)OCO4)oc3ccccc23)cc1. The highest BCUT2D eigenvalue weighted by atomic mass is 16.7. The number of amides is 2. The van der Waals surface area contributed by atoms with Crippen molar-refractivity contribution >= 4 is 34.2 Å². The van der Waals surface area contributed by atoms with E-state index in [0.29, 0.717) is 39.4 Å². The van der Waals surface area contributed by atoms with E-state index in [4.69, 9.17) is 13.9 Å². The fourth-order valence-electron chi connectivity index (χ4n) is 3.80. The van der Waals surface area contributed by atoms with E-state index in [0.717, 1.165) is 5.56 Å². The largest absolute Gasteiger partial charge is 0.454 e. The number of carbonyl (C=O) groups is 2. The molecule has 0 saturated heterocycles. The van der Waals surface area contributed by atoms with Crippen molar-refractivity contribution in [2.24, 2.45) is 0 Å². The molecule has 7 heteroatoms. The molecule has 7 nitrogen and oxygen atoms in total. The van der Waals surface area contributed by atoms with Crippen molar-refractivity contribution in [2.75, 3.05) is 17.4 Å². The molecule has 0 bridgehead atoms. The third-order valence-corrected chi connectivity index (χ3v) is 5.68. The van der Waals surface area contributed by atoms with Crippen LogP contribution in [-0.4, -0.2) is 18.6 Å². The van der Waals surface area contributed by atoms with E-state index in [2.05, 4.69) is 31.4 Å². The lowest BCUT2D eigenvalue weighted by atomic mass is 9.87. The van der Waals surface area contributed by atoms with Crippen molar-refractivity contribution in [2.45, 2.75) is 26.2 Å². The average molecular weight is 456 g/mol. The van der Waals surface area contributed by atoms with Gasteiger partial charge >= 0.3 is 0 Å². The molecule has 0 fully saturated rings. The predicted octanol–water partition coefficient (Wildman–Crippen LogP) is 5.96. The standard InChI is InChI=1S/C27H24N2O5/c1-27(2,3)17-10-8-16(9-11-17)25(30)29-23-19-6-4-5-7-20(19)34-24(23)26(31)28-18-12-13-21-22(14-18)33-15-32-21/h4-14H,15H2,1-3H3,(H,28,31)(H,29,30). The summed E-state index contributed by atoms with van der Waals surface area (Å²) >= 11 is 0. The molecule has 3 aromatic carbocycles. The monoisotopic (exact) mass is 456 g/mol. The van der Waals surface area contributed by atoms with Gasteiger partial charge in [-0.05, 0) is 47.4 Å². The normalized spacial score (nSPS) is 12.6. The van der Waals surface area contributed by atoms with Gasteiger partial charge in [-0.3, -0.25) is 9.59 Å². The molecule has 4 aromatic rings. The minimum atomic E-state index is -0.492. The molecular formula is C27H24N2O5. The first-order valence-corrected chi connectivity index (χ1v) is 10.9. The smallest absolute Gasteiger partial charge is 0.293 e. The summed E-state index contributed by atoms with van der Waals surface area (Å²) in [7, 11) is 0. The van der Waals surface area contributed by atoms with Crippen LogP contribution < -0.4 is 20.1 Å². The van der Waals surface area contributed by atoms with Crippen molar-refractivity contribution < 1.29 is 23.5 Å². The zero-order chi connectivity index (χ0) is 23.9. The summed E-state index contributed by atoms with van der Waals surface area (Å²) in [4.78, 5) is 26.2. The Morgan fingerprint density at radius 1 is 0.824 bits per heavy atom. The predicted molar refractivity (Wildman–Crippen MR) is 130 cm³/mol. The summed E-state index contributed by atoms with van der Waals surface area (Å²) in [6.45, 7) is 6.49. The van der Waals surface area contributed by atoms with Gasteiger partial charge in [0.2, 0.25) is 12.6 Å². The Labute approximate surface area is 196 Å². The number of rotatable bonds is 4. The van der Waals surface area contributed by atoms with Gasteiger partial charge in [0, 0.05) is 22.7 Å². The molecule has 172 valence electrons. The first-order chi connectivity index (χ1) is 16.3. The number of benzene rings is 3. The van der Waals surface area contributed by atoms with Crippen LogP contribution in [0.4, 0.5) is 11.4 Å². The van der Waals surface area contributed by atoms with Gasteiger partial charge < -0.3 is 24.5 Å². The lowest BCUT2D eigenvalue weighted by Crippen LogP contribution is -2.17. The third-order valence-electron chi connectivity index (χ3n) is 5.68. The number of fused-ring (bicyclic) bond motifs is 2. The number of para-hydroxylation sites is 1. The molecule has 1 aromatic heterocycles. The van der Waals surface area contributed by atoms with Crippen LogP contribution in [0.2, 0.25) is 0 Å². The van der Waals surface area contributed by atoms with E-state index in [9.17, 15) is 9.59 Å². The first-order valence-electron chi connectivity index (χ1n) is 10.9. The first kappa shape index (κ1) is 21.6. The fourth-order valence-corrected chi connectivity index (χ4v) is 3.80. The average Bonchev–Trinajstić information content (AvgIpc) is 3.43. The lowest BCUT2D eigenvalue weighted by Gasteiger charge is -2.19. The van der Waals surface area contributed by atoms with Crippen LogP contribution in [0.1, 0.15) is 47.2 Å². The van der Waals surface area contributed by atoms with Crippen LogP contribution in [0.25, 0.3) is 11.0 Å². The summed E-state index contributed by atoms with van der Waals surface area (Å²) < 4.78 is 16.5. The molecule has 0 unspecified atom stereocenters. The third kappa shape index (κ3) is 4.08. The summed E-state index contributed by atoms with van der Waals surface area (Å²) in [6, 6.07) is 19.7. The molecule has 2 N–H and O–H groups in total. The van der Waals surface area contributed by atoms with Gasteiger partial charge in [0.05, 0.1) is 0 Å². The Morgan fingerprint density at radius 2 is 1.56 bits per heavy atom. The quantitative estimate of drug-likeness (QED) is 0.395. The molecule has 0 saturated carbocycles. The van der Waals surface area contributed by atoms with Crippen molar-refractivity contribution in [3.63, 3.8) is 0 Å². The summed E-state index contributed by atoms with van der Waals surface area (Å²) in [5.74, 6) is 0.359. The van der Waals surface area contributed by atoms with Gasteiger partial charge in [0.15, 0.2) is 11.5 Å². The van der Waals surface area contributed by atoms with Crippen LogP contribution in [-0.2, 0) is 5.41 Å². The number of anilines is 2. The van der Waals surface area contributed by atoms with E-state index < -0.39 is 5.91 Å². The Bertz CT molecular complexity index is 1400. The maximum Gasteiger partial charge on any atom is 0.293 e. The molecule has 1 aliphatic heterocycles. The van der Waals surface area contributed by atoms with Crippen LogP contribution in [0, 0.1) is 0 Å². The summed E-state index contributed by atoms with van der Waals surface area (Å²) in [6.07, 6.45) is 0. The minimum absolute atomic E-state index is 0.0125. The minimum Gasteiger partial charge on any atom is -0.454 e. The van der Waals surface area contributed by atoms with E-state index in [1.807, 2.05) is 24.3 Å². The Morgan fingerprint density at radius 3 is 2.32 bits per heavy atom. The second-order valence-corrected chi connectivity index (χ2v) is 9.11. The van der Waals surface area contributed by atoms with E-state index in [-0.39, 0.29) is 23.9 Å². The van der Waals surface area contributed by atoms with Gasteiger partial charge in [-0.1, -0.05) is 45.0 Å². The summed E-state index contributed by atoms with van der Waals surface area (Å²) in [5.41, 5.74) is 2.93. The van der Waals surface area contributed by atoms with Crippen LogP contribution in [0.5, 0.6) is 11.5 Å². The number of nitrogens with one attached hydrogen (secondary N) is 2. The van der Waals surface area contributed by atoms with Gasteiger partial charge in [0.25, 0.3) is 11.8 Å². The lowest BCUT2D eigenvalue weighted by molar-refractivity contribution is 0.0999. The van der Waals surface area contributed by atoms with Gasteiger partial charge in [-0.15, -0.1) is 0 Å². The summed E-state index contributed by atoms with van der Waals surface area (Å²) in [5, 5.41) is 6.32. The molecular weight excluding hydrogens is 432 g/mol. The number of carbonyl (C=O) groups excluding carboxylic acids is 2. The number of ether oxygens (including phenoxy) is 2. The van der Waals surface area contributed by atoms with Crippen molar-refractivity contribution in [3.05, 3.63) is 83.6 Å². The van der Waals surface area contributed by atoms with Crippen LogP contribution in [0.15, 0.2) is 71.1 Å². The van der Waals surface area contributed by atoms with Gasteiger partial charge in [-0.2, -0.15) is 0 Å². The van der Waals surface area contributed by atoms with Crippen LogP contribution >= 0.6 is 0 Å². The van der Waals surface area contributed by atoms with Crippen molar-refractivity contribution in [1.82, 2.24) is 0 Å². The highest BCUT2D eigenvalue weighted by Gasteiger charge is 2.24. The van der Waals surface area contributed by atoms with E-state index in [1.54, 1.807) is 42.5 Å².